The maximum atomic E-state index is 12.9. The first-order valence-electron chi connectivity index (χ1n) is 5.60. The Morgan fingerprint density at radius 2 is 1.72 bits per heavy atom. The monoisotopic (exact) mass is 258 g/mol. The molecule has 0 aromatic heterocycles. The Balaban J connectivity index is 2.12. The molecule has 0 N–H and O–H groups in total. The minimum atomic E-state index is -4.37. The van der Waals surface area contributed by atoms with Gasteiger partial charge >= 0.3 is 6.18 Å². The molecule has 1 aromatic rings. The Morgan fingerprint density at radius 1 is 1.11 bits per heavy atom. The van der Waals surface area contributed by atoms with Gasteiger partial charge in [0.1, 0.15) is 5.92 Å². The maximum Gasteiger partial charge on any atom is 0.400 e. The van der Waals surface area contributed by atoms with E-state index in [0.717, 1.165) is 6.08 Å². The lowest BCUT2D eigenvalue weighted by atomic mass is 10.1. The minimum absolute atomic E-state index is 0.205. The summed E-state index contributed by atoms with van der Waals surface area (Å²) < 4.78 is 48.5. The first-order chi connectivity index (χ1) is 8.57. The maximum absolute atomic E-state index is 12.9. The normalized spacial score (nSPS) is 19.5. The molecule has 2 rings (SSSR count). The van der Waals surface area contributed by atoms with Gasteiger partial charge in [-0.15, -0.1) is 0 Å². The van der Waals surface area contributed by atoms with Gasteiger partial charge in [0, 0.05) is 0 Å². The molecule has 0 bridgehead atoms. The molecule has 2 nitrogen and oxygen atoms in total. The van der Waals surface area contributed by atoms with Gasteiger partial charge in [-0.05, 0) is 5.56 Å². The van der Waals surface area contributed by atoms with E-state index in [1.807, 2.05) is 6.07 Å². The predicted molar refractivity (Wildman–Crippen MR) is 60.7 cm³/mol. The fraction of sp³-hybridized carbons (Fsp3) is 0.385. The lowest BCUT2D eigenvalue weighted by Crippen LogP contribution is -2.33. The third-order valence-electron chi connectivity index (χ3n) is 2.61. The quantitative estimate of drug-likeness (QED) is 0.828. The summed E-state index contributed by atoms with van der Waals surface area (Å²) in [5, 5.41) is 0. The van der Waals surface area contributed by atoms with Crippen LogP contribution in [-0.2, 0) is 9.47 Å². The van der Waals surface area contributed by atoms with E-state index in [1.54, 1.807) is 24.3 Å². The van der Waals surface area contributed by atoms with Crippen LogP contribution in [0.5, 0.6) is 0 Å². The number of hydrogen-bond donors (Lipinski definition) is 0. The predicted octanol–water partition coefficient (Wildman–Crippen LogP) is 3.25. The van der Waals surface area contributed by atoms with Gasteiger partial charge in [0.25, 0.3) is 0 Å². The number of rotatable bonds is 3. The van der Waals surface area contributed by atoms with E-state index in [2.05, 4.69) is 0 Å². The molecular formula is C13H13F3O2. The molecule has 0 radical (unpaired) electrons. The Labute approximate surface area is 103 Å². The smallest absolute Gasteiger partial charge is 0.349 e. The summed E-state index contributed by atoms with van der Waals surface area (Å²) in [7, 11) is 0. The third-order valence-corrected chi connectivity index (χ3v) is 2.61. The molecule has 1 unspecified atom stereocenters. The highest BCUT2D eigenvalue weighted by Crippen LogP contribution is 2.33. The SMILES string of the molecule is FC(F)(F)C(/C=C/c1ccccc1)C1OCCO1. The van der Waals surface area contributed by atoms with E-state index in [1.165, 1.54) is 6.08 Å². The summed E-state index contributed by atoms with van der Waals surface area (Å²) in [6.07, 6.45) is -3.08. The van der Waals surface area contributed by atoms with Gasteiger partial charge in [0.05, 0.1) is 13.2 Å². The Bertz CT molecular complexity index is 394. The van der Waals surface area contributed by atoms with E-state index < -0.39 is 18.4 Å². The topological polar surface area (TPSA) is 18.5 Å². The van der Waals surface area contributed by atoms with E-state index in [0.29, 0.717) is 5.56 Å². The van der Waals surface area contributed by atoms with Crippen LogP contribution >= 0.6 is 0 Å². The fourth-order valence-corrected chi connectivity index (χ4v) is 1.72. The molecular weight excluding hydrogens is 245 g/mol. The second-order valence-corrected chi connectivity index (χ2v) is 3.95. The van der Waals surface area contributed by atoms with E-state index >= 15 is 0 Å². The van der Waals surface area contributed by atoms with Crippen molar-refractivity contribution < 1.29 is 22.6 Å². The lowest BCUT2D eigenvalue weighted by Gasteiger charge is -2.21. The van der Waals surface area contributed by atoms with Gasteiger partial charge in [-0.3, -0.25) is 0 Å². The molecule has 1 aliphatic heterocycles. The average molecular weight is 258 g/mol. The highest BCUT2D eigenvalue weighted by atomic mass is 19.4. The van der Waals surface area contributed by atoms with Crippen LogP contribution in [-0.4, -0.2) is 25.7 Å². The van der Waals surface area contributed by atoms with Gasteiger partial charge in [-0.25, -0.2) is 0 Å². The molecule has 1 heterocycles. The zero-order valence-electron chi connectivity index (χ0n) is 9.56. The molecule has 0 aliphatic carbocycles. The van der Waals surface area contributed by atoms with Crippen LogP contribution in [0.3, 0.4) is 0 Å². The van der Waals surface area contributed by atoms with Crippen molar-refractivity contribution in [2.24, 2.45) is 5.92 Å². The number of halogens is 3. The fourth-order valence-electron chi connectivity index (χ4n) is 1.72. The molecule has 0 spiro atoms. The standard InChI is InChI=1S/C13H13F3O2/c14-13(15,16)11(12-17-8-9-18-12)7-6-10-4-2-1-3-5-10/h1-7,11-12H,8-9H2/b7-6+. The second kappa shape index (κ2) is 5.54. The van der Waals surface area contributed by atoms with Crippen molar-refractivity contribution in [2.75, 3.05) is 13.2 Å². The van der Waals surface area contributed by atoms with Crippen LogP contribution in [0, 0.1) is 5.92 Å². The van der Waals surface area contributed by atoms with Gasteiger partial charge in [-0.2, -0.15) is 13.2 Å². The summed E-state index contributed by atoms with van der Waals surface area (Å²) in [6.45, 7) is 0.410. The first kappa shape index (κ1) is 13.1. The summed E-state index contributed by atoms with van der Waals surface area (Å²) in [5.74, 6) is -1.74. The zero-order valence-corrected chi connectivity index (χ0v) is 9.56. The highest BCUT2D eigenvalue weighted by molar-refractivity contribution is 5.49. The average Bonchev–Trinajstić information content (AvgIpc) is 2.82. The van der Waals surface area contributed by atoms with E-state index in [9.17, 15) is 13.2 Å². The van der Waals surface area contributed by atoms with Crippen LogP contribution in [0.25, 0.3) is 6.08 Å². The van der Waals surface area contributed by atoms with Crippen LogP contribution in [0.15, 0.2) is 36.4 Å². The number of ether oxygens (including phenoxy) is 2. The third kappa shape index (κ3) is 3.34. The van der Waals surface area contributed by atoms with Crippen molar-refractivity contribution in [3.63, 3.8) is 0 Å². The first-order valence-corrected chi connectivity index (χ1v) is 5.60. The van der Waals surface area contributed by atoms with Gasteiger partial charge < -0.3 is 9.47 Å². The number of hydrogen-bond acceptors (Lipinski definition) is 2. The number of alkyl halides is 3. The molecule has 5 heteroatoms. The molecule has 1 saturated heterocycles. The van der Waals surface area contributed by atoms with Crippen molar-refractivity contribution in [2.45, 2.75) is 12.5 Å². The van der Waals surface area contributed by atoms with Gasteiger partial charge in [0.2, 0.25) is 0 Å². The number of benzene rings is 1. The summed E-state index contributed by atoms with van der Waals surface area (Å²) in [4.78, 5) is 0. The lowest BCUT2D eigenvalue weighted by molar-refractivity contribution is -0.220. The molecule has 98 valence electrons. The Kier molecular flexibility index (Phi) is 4.04. The minimum Gasteiger partial charge on any atom is -0.349 e. The molecule has 0 saturated carbocycles. The highest BCUT2D eigenvalue weighted by Gasteiger charge is 2.45. The summed E-state index contributed by atoms with van der Waals surface area (Å²) in [6, 6.07) is 8.82. The Morgan fingerprint density at radius 3 is 2.28 bits per heavy atom. The van der Waals surface area contributed by atoms with Crippen LogP contribution in [0.4, 0.5) is 13.2 Å². The molecule has 0 amide bonds. The second-order valence-electron chi connectivity index (χ2n) is 3.95. The molecule has 1 fully saturated rings. The molecule has 1 aromatic carbocycles. The van der Waals surface area contributed by atoms with Crippen LogP contribution in [0.1, 0.15) is 5.56 Å². The molecule has 18 heavy (non-hydrogen) atoms. The summed E-state index contributed by atoms with van der Waals surface area (Å²) >= 11 is 0. The van der Waals surface area contributed by atoms with Crippen molar-refractivity contribution in [1.82, 2.24) is 0 Å². The van der Waals surface area contributed by atoms with Crippen LogP contribution in [0.2, 0.25) is 0 Å². The van der Waals surface area contributed by atoms with Crippen molar-refractivity contribution in [3.05, 3.63) is 42.0 Å². The van der Waals surface area contributed by atoms with Crippen molar-refractivity contribution >= 4 is 6.08 Å². The largest absolute Gasteiger partial charge is 0.400 e. The van der Waals surface area contributed by atoms with Gasteiger partial charge in [0.15, 0.2) is 6.29 Å². The van der Waals surface area contributed by atoms with E-state index in [-0.39, 0.29) is 13.2 Å². The molecule has 1 aliphatic rings. The van der Waals surface area contributed by atoms with Crippen molar-refractivity contribution in [3.8, 4) is 0 Å². The van der Waals surface area contributed by atoms with Gasteiger partial charge in [-0.1, -0.05) is 42.5 Å². The van der Waals surface area contributed by atoms with Crippen LogP contribution < -0.4 is 0 Å². The van der Waals surface area contributed by atoms with Crippen molar-refractivity contribution in [1.29, 1.82) is 0 Å². The Hall–Kier alpha value is -1.33. The van der Waals surface area contributed by atoms with E-state index in [4.69, 9.17) is 9.47 Å². The zero-order chi connectivity index (χ0) is 13.0. The molecule has 1 atom stereocenters. The summed E-state index contributed by atoms with van der Waals surface area (Å²) in [5.41, 5.74) is 0.713.